The number of aromatic nitrogens is 2. The first kappa shape index (κ1) is 18.8. The zero-order chi connectivity index (χ0) is 19.7. The molecule has 2 atom stereocenters. The van der Waals surface area contributed by atoms with Crippen LogP contribution in [0.2, 0.25) is 0 Å². The second-order valence-corrected chi connectivity index (χ2v) is 8.11. The monoisotopic (exact) mass is 381 g/mol. The van der Waals surface area contributed by atoms with Crippen molar-refractivity contribution in [3.05, 3.63) is 35.2 Å². The van der Waals surface area contributed by atoms with Crippen LogP contribution < -0.4 is 0 Å². The van der Waals surface area contributed by atoms with Crippen molar-refractivity contribution in [2.24, 2.45) is 11.8 Å². The molecular weight excluding hydrogens is 354 g/mol. The first-order valence-corrected chi connectivity index (χ1v) is 10.2. The molecule has 1 aliphatic carbocycles. The van der Waals surface area contributed by atoms with E-state index in [9.17, 15) is 9.59 Å². The maximum absolute atomic E-state index is 12.5. The molecule has 28 heavy (non-hydrogen) atoms. The van der Waals surface area contributed by atoms with Gasteiger partial charge in [-0.3, -0.25) is 4.79 Å². The van der Waals surface area contributed by atoms with Crippen molar-refractivity contribution in [2.45, 2.75) is 46.0 Å². The van der Waals surface area contributed by atoms with Crippen LogP contribution in [0.15, 0.2) is 18.2 Å². The zero-order valence-electron chi connectivity index (χ0n) is 16.6. The van der Waals surface area contributed by atoms with Gasteiger partial charge in [0, 0.05) is 13.1 Å². The van der Waals surface area contributed by atoms with Gasteiger partial charge in [-0.2, -0.15) is 0 Å². The summed E-state index contributed by atoms with van der Waals surface area (Å²) in [7, 11) is 0. The first-order chi connectivity index (χ1) is 13.5. The molecule has 2 aromatic rings. The van der Waals surface area contributed by atoms with E-state index in [4.69, 9.17) is 4.74 Å². The van der Waals surface area contributed by atoms with Crippen LogP contribution in [0.1, 0.15) is 53.8 Å². The number of nitrogens with zero attached hydrogens (tertiary/aromatic N) is 3. The first-order valence-electron chi connectivity index (χ1n) is 10.2. The van der Waals surface area contributed by atoms with E-state index in [1.54, 1.807) is 18.2 Å². The quantitative estimate of drug-likeness (QED) is 0.762. The minimum atomic E-state index is -0.497. The lowest BCUT2D eigenvalue weighted by atomic mass is 9.75. The molecule has 0 N–H and O–H groups in total. The molecule has 2 aliphatic rings. The van der Waals surface area contributed by atoms with E-state index in [1.165, 1.54) is 25.7 Å². The summed E-state index contributed by atoms with van der Waals surface area (Å²) in [6.07, 6.45) is 6.17. The smallest absolute Gasteiger partial charge is 0.338 e. The van der Waals surface area contributed by atoms with Gasteiger partial charge in [0.2, 0.25) is 0 Å². The highest BCUT2D eigenvalue weighted by Gasteiger charge is 2.33. The standard InChI is InChI=1S/C22H27N3O3/c1-14-15(2)24-20-11-17(7-8-19(20)23-14)22(27)28-13-21(26)25-10-9-16-5-3-4-6-18(16)12-25/h7-8,11,16,18H,3-6,9-10,12-13H2,1-2H3/t16-,18-/m0/s1. The number of ether oxygens (including phenoxy) is 1. The fourth-order valence-corrected chi connectivity index (χ4v) is 4.49. The number of esters is 1. The average molecular weight is 381 g/mol. The number of hydrogen-bond donors (Lipinski definition) is 0. The lowest BCUT2D eigenvalue weighted by Crippen LogP contribution is -2.46. The predicted octanol–water partition coefficient (Wildman–Crippen LogP) is 3.44. The van der Waals surface area contributed by atoms with E-state index in [0.717, 1.165) is 42.3 Å². The van der Waals surface area contributed by atoms with Crippen molar-refractivity contribution >= 4 is 22.9 Å². The molecule has 1 aromatic carbocycles. The molecule has 4 rings (SSSR count). The molecule has 1 aliphatic heterocycles. The normalized spacial score (nSPS) is 22.0. The van der Waals surface area contributed by atoms with Gasteiger partial charge in [-0.15, -0.1) is 0 Å². The van der Waals surface area contributed by atoms with Crippen LogP contribution in [0, 0.1) is 25.7 Å². The van der Waals surface area contributed by atoms with Gasteiger partial charge in [-0.1, -0.05) is 19.3 Å². The summed E-state index contributed by atoms with van der Waals surface area (Å²) < 4.78 is 5.30. The Morgan fingerprint density at radius 3 is 2.54 bits per heavy atom. The third-order valence-corrected chi connectivity index (χ3v) is 6.28. The van der Waals surface area contributed by atoms with Crippen LogP contribution in [0.25, 0.3) is 11.0 Å². The maximum atomic E-state index is 12.5. The Kier molecular flexibility index (Phi) is 5.29. The number of fused-ring (bicyclic) bond motifs is 2. The van der Waals surface area contributed by atoms with Crippen LogP contribution in [-0.4, -0.2) is 46.4 Å². The SMILES string of the molecule is Cc1nc2ccc(C(=O)OCC(=O)N3CC[C@@H]4CCCC[C@H]4C3)cc2nc1C. The van der Waals surface area contributed by atoms with E-state index in [2.05, 4.69) is 9.97 Å². The summed E-state index contributed by atoms with van der Waals surface area (Å²) in [6.45, 7) is 5.19. The zero-order valence-corrected chi connectivity index (χ0v) is 16.6. The van der Waals surface area contributed by atoms with Gasteiger partial charge < -0.3 is 9.64 Å². The summed E-state index contributed by atoms with van der Waals surface area (Å²) in [5.74, 6) is 0.798. The molecule has 148 valence electrons. The van der Waals surface area contributed by atoms with Gasteiger partial charge in [0.05, 0.1) is 28.0 Å². The van der Waals surface area contributed by atoms with Crippen LogP contribution in [0.5, 0.6) is 0 Å². The Labute approximate surface area is 165 Å². The number of piperidine rings is 1. The lowest BCUT2D eigenvalue weighted by Gasteiger charge is -2.41. The number of hydrogen-bond acceptors (Lipinski definition) is 5. The van der Waals surface area contributed by atoms with Crippen molar-refractivity contribution in [3.63, 3.8) is 0 Å². The summed E-state index contributed by atoms with van der Waals surface area (Å²) in [4.78, 5) is 35.8. The Bertz CT molecular complexity index is 911. The largest absolute Gasteiger partial charge is 0.452 e. The second-order valence-electron chi connectivity index (χ2n) is 8.11. The van der Waals surface area contributed by atoms with Crippen molar-refractivity contribution < 1.29 is 14.3 Å². The highest BCUT2D eigenvalue weighted by Crippen LogP contribution is 2.36. The number of amides is 1. The summed E-state index contributed by atoms with van der Waals surface area (Å²) >= 11 is 0. The second kappa shape index (κ2) is 7.86. The highest BCUT2D eigenvalue weighted by atomic mass is 16.5. The van der Waals surface area contributed by atoms with E-state index in [1.807, 2.05) is 18.7 Å². The molecule has 2 fully saturated rings. The molecule has 2 heterocycles. The van der Waals surface area contributed by atoms with Gasteiger partial charge in [-0.05, 0) is 56.7 Å². The van der Waals surface area contributed by atoms with Crippen LogP contribution in [-0.2, 0) is 9.53 Å². The fraction of sp³-hybridized carbons (Fsp3) is 0.545. The Balaban J connectivity index is 1.36. The van der Waals surface area contributed by atoms with Gasteiger partial charge in [0.15, 0.2) is 6.61 Å². The Hall–Kier alpha value is -2.50. The Morgan fingerprint density at radius 2 is 1.75 bits per heavy atom. The maximum Gasteiger partial charge on any atom is 0.338 e. The van der Waals surface area contributed by atoms with Gasteiger partial charge >= 0.3 is 5.97 Å². The summed E-state index contributed by atoms with van der Waals surface area (Å²) in [6, 6.07) is 5.11. The lowest BCUT2D eigenvalue weighted by molar-refractivity contribution is -0.137. The average Bonchev–Trinajstić information content (AvgIpc) is 2.72. The highest BCUT2D eigenvalue weighted by molar-refractivity contribution is 5.94. The molecule has 0 spiro atoms. The summed E-state index contributed by atoms with van der Waals surface area (Å²) in [5, 5.41) is 0. The topological polar surface area (TPSA) is 72.4 Å². The molecule has 1 saturated heterocycles. The van der Waals surface area contributed by atoms with Crippen molar-refractivity contribution in [1.82, 2.24) is 14.9 Å². The molecule has 1 amide bonds. The van der Waals surface area contributed by atoms with Crippen molar-refractivity contribution in [1.29, 1.82) is 0 Å². The van der Waals surface area contributed by atoms with Crippen molar-refractivity contribution in [2.75, 3.05) is 19.7 Å². The van der Waals surface area contributed by atoms with Crippen LogP contribution >= 0.6 is 0 Å². The van der Waals surface area contributed by atoms with E-state index >= 15 is 0 Å². The van der Waals surface area contributed by atoms with Crippen molar-refractivity contribution in [3.8, 4) is 0 Å². The summed E-state index contributed by atoms with van der Waals surface area (Å²) in [5.41, 5.74) is 3.49. The number of benzene rings is 1. The molecule has 6 nitrogen and oxygen atoms in total. The number of rotatable bonds is 3. The van der Waals surface area contributed by atoms with Gasteiger partial charge in [0.25, 0.3) is 5.91 Å². The molecule has 0 unspecified atom stereocenters. The van der Waals surface area contributed by atoms with Gasteiger partial charge in [0.1, 0.15) is 0 Å². The number of likely N-dealkylation sites (tertiary alicyclic amines) is 1. The minimum absolute atomic E-state index is 0.0931. The molecule has 1 saturated carbocycles. The number of aryl methyl sites for hydroxylation is 2. The molecule has 1 aromatic heterocycles. The van der Waals surface area contributed by atoms with Gasteiger partial charge in [-0.25, -0.2) is 14.8 Å². The third kappa shape index (κ3) is 3.86. The van der Waals surface area contributed by atoms with E-state index < -0.39 is 5.97 Å². The molecule has 0 radical (unpaired) electrons. The van der Waals surface area contributed by atoms with E-state index in [0.29, 0.717) is 17.0 Å². The van der Waals surface area contributed by atoms with Crippen LogP contribution in [0.4, 0.5) is 0 Å². The number of carbonyl (C=O) groups excluding carboxylic acids is 2. The Morgan fingerprint density at radius 1 is 1.04 bits per heavy atom. The molecule has 0 bridgehead atoms. The minimum Gasteiger partial charge on any atom is -0.452 e. The predicted molar refractivity (Wildman–Crippen MR) is 106 cm³/mol. The molecule has 6 heteroatoms. The third-order valence-electron chi connectivity index (χ3n) is 6.28. The fourth-order valence-electron chi connectivity index (χ4n) is 4.49. The van der Waals surface area contributed by atoms with Crippen LogP contribution in [0.3, 0.4) is 0 Å². The van der Waals surface area contributed by atoms with E-state index in [-0.39, 0.29) is 12.5 Å². The number of carbonyl (C=O) groups is 2. The molecular formula is C22H27N3O3.